The SMILES string of the molecule is Cc1cnn(C)c1NCc1cnn(C)c1C. The summed E-state index contributed by atoms with van der Waals surface area (Å²) in [6.07, 6.45) is 3.76. The highest BCUT2D eigenvalue weighted by atomic mass is 15.3. The Bertz CT molecular complexity index is 475. The van der Waals surface area contributed by atoms with E-state index in [4.69, 9.17) is 0 Å². The fourth-order valence-electron chi connectivity index (χ4n) is 1.70. The fraction of sp³-hybridized carbons (Fsp3) is 0.455. The summed E-state index contributed by atoms with van der Waals surface area (Å²) < 4.78 is 3.73. The maximum absolute atomic E-state index is 4.22. The molecule has 0 bridgehead atoms. The molecule has 5 heteroatoms. The zero-order chi connectivity index (χ0) is 11.7. The predicted octanol–water partition coefficient (Wildman–Crippen LogP) is 1.38. The van der Waals surface area contributed by atoms with Crippen molar-refractivity contribution < 1.29 is 0 Å². The molecule has 0 unspecified atom stereocenters. The van der Waals surface area contributed by atoms with E-state index >= 15 is 0 Å². The summed E-state index contributed by atoms with van der Waals surface area (Å²) in [5, 5.41) is 11.8. The van der Waals surface area contributed by atoms with Crippen molar-refractivity contribution in [3.8, 4) is 0 Å². The van der Waals surface area contributed by atoms with Crippen LogP contribution in [0, 0.1) is 13.8 Å². The van der Waals surface area contributed by atoms with Gasteiger partial charge in [-0.3, -0.25) is 9.36 Å². The third-order valence-corrected chi connectivity index (χ3v) is 2.90. The lowest BCUT2D eigenvalue weighted by atomic mass is 10.2. The lowest BCUT2D eigenvalue weighted by molar-refractivity contribution is 0.737. The van der Waals surface area contributed by atoms with Crippen LogP contribution in [0.3, 0.4) is 0 Å². The number of hydrogen-bond donors (Lipinski definition) is 1. The smallest absolute Gasteiger partial charge is 0.127 e. The van der Waals surface area contributed by atoms with Gasteiger partial charge >= 0.3 is 0 Å². The summed E-state index contributed by atoms with van der Waals surface area (Å²) in [6.45, 7) is 4.89. The number of aromatic nitrogens is 4. The average Bonchev–Trinajstić information content (AvgIpc) is 2.73. The molecule has 0 aromatic carbocycles. The van der Waals surface area contributed by atoms with Crippen LogP contribution in [0.15, 0.2) is 12.4 Å². The van der Waals surface area contributed by atoms with E-state index in [1.807, 2.05) is 42.8 Å². The highest BCUT2D eigenvalue weighted by Crippen LogP contribution is 2.14. The Labute approximate surface area is 95.1 Å². The standard InChI is InChI=1S/C11H17N5/c1-8-5-13-16(4)11(8)12-6-10-7-14-15(3)9(10)2/h5,7,12H,6H2,1-4H3. The Morgan fingerprint density at radius 3 is 2.31 bits per heavy atom. The summed E-state index contributed by atoms with van der Waals surface area (Å²) in [7, 11) is 3.89. The molecule has 1 N–H and O–H groups in total. The van der Waals surface area contributed by atoms with Crippen molar-refractivity contribution >= 4 is 5.82 Å². The molecule has 16 heavy (non-hydrogen) atoms. The summed E-state index contributed by atoms with van der Waals surface area (Å²) >= 11 is 0. The molecule has 0 saturated heterocycles. The van der Waals surface area contributed by atoms with Gasteiger partial charge in [0.25, 0.3) is 0 Å². The minimum absolute atomic E-state index is 0.778. The van der Waals surface area contributed by atoms with Gasteiger partial charge in [0.15, 0.2) is 0 Å². The summed E-state index contributed by atoms with van der Waals surface area (Å²) in [6, 6.07) is 0. The second-order valence-electron chi connectivity index (χ2n) is 4.03. The van der Waals surface area contributed by atoms with E-state index in [2.05, 4.69) is 22.4 Å². The first-order chi connectivity index (χ1) is 7.59. The molecule has 0 aliphatic heterocycles. The number of nitrogens with one attached hydrogen (secondary N) is 1. The van der Waals surface area contributed by atoms with Crippen LogP contribution >= 0.6 is 0 Å². The molecule has 2 aromatic heterocycles. The van der Waals surface area contributed by atoms with Crippen LogP contribution in [0.5, 0.6) is 0 Å². The van der Waals surface area contributed by atoms with Crippen LogP contribution in [-0.4, -0.2) is 19.6 Å². The van der Waals surface area contributed by atoms with Crippen LogP contribution in [0.1, 0.15) is 16.8 Å². The Morgan fingerprint density at radius 2 is 1.81 bits per heavy atom. The van der Waals surface area contributed by atoms with Gasteiger partial charge in [0.2, 0.25) is 0 Å². The van der Waals surface area contributed by atoms with Crippen molar-refractivity contribution in [3.63, 3.8) is 0 Å². The zero-order valence-electron chi connectivity index (χ0n) is 10.2. The number of nitrogens with zero attached hydrogens (tertiary/aromatic N) is 4. The van der Waals surface area contributed by atoms with E-state index in [9.17, 15) is 0 Å². The van der Waals surface area contributed by atoms with Gasteiger partial charge in [-0.25, -0.2) is 0 Å². The minimum Gasteiger partial charge on any atom is -0.366 e. The number of hydrogen-bond acceptors (Lipinski definition) is 3. The Kier molecular flexibility index (Phi) is 2.68. The molecule has 2 heterocycles. The fourth-order valence-corrected chi connectivity index (χ4v) is 1.70. The molecule has 2 aromatic rings. The van der Waals surface area contributed by atoms with Crippen molar-refractivity contribution in [1.29, 1.82) is 0 Å². The van der Waals surface area contributed by atoms with Crippen LogP contribution < -0.4 is 5.32 Å². The quantitative estimate of drug-likeness (QED) is 0.848. The predicted molar refractivity (Wildman–Crippen MR) is 63.2 cm³/mol. The molecule has 2 rings (SSSR count). The zero-order valence-corrected chi connectivity index (χ0v) is 10.2. The van der Waals surface area contributed by atoms with Gasteiger partial charge in [-0.2, -0.15) is 10.2 Å². The molecule has 0 aliphatic carbocycles. The van der Waals surface area contributed by atoms with Crippen molar-refractivity contribution in [2.75, 3.05) is 5.32 Å². The average molecular weight is 219 g/mol. The lowest BCUT2D eigenvalue weighted by Gasteiger charge is -2.07. The minimum atomic E-state index is 0.778. The van der Waals surface area contributed by atoms with Crippen LogP contribution in [0.25, 0.3) is 0 Å². The normalized spacial score (nSPS) is 10.8. The highest BCUT2D eigenvalue weighted by molar-refractivity contribution is 5.43. The van der Waals surface area contributed by atoms with Crippen LogP contribution in [-0.2, 0) is 20.6 Å². The Morgan fingerprint density at radius 1 is 1.12 bits per heavy atom. The van der Waals surface area contributed by atoms with Gasteiger partial charge < -0.3 is 5.32 Å². The molecule has 86 valence electrons. The van der Waals surface area contributed by atoms with Gasteiger partial charge in [0.1, 0.15) is 5.82 Å². The van der Waals surface area contributed by atoms with Gasteiger partial charge in [-0.05, 0) is 13.8 Å². The maximum Gasteiger partial charge on any atom is 0.127 e. The highest BCUT2D eigenvalue weighted by Gasteiger charge is 2.06. The monoisotopic (exact) mass is 219 g/mol. The van der Waals surface area contributed by atoms with Gasteiger partial charge in [-0.15, -0.1) is 0 Å². The van der Waals surface area contributed by atoms with E-state index in [1.165, 1.54) is 11.3 Å². The van der Waals surface area contributed by atoms with Crippen LogP contribution in [0.4, 0.5) is 5.82 Å². The first-order valence-corrected chi connectivity index (χ1v) is 5.29. The first-order valence-electron chi connectivity index (χ1n) is 5.29. The van der Waals surface area contributed by atoms with Gasteiger partial charge in [-0.1, -0.05) is 0 Å². The van der Waals surface area contributed by atoms with E-state index < -0.39 is 0 Å². The summed E-state index contributed by atoms with van der Waals surface area (Å²) in [4.78, 5) is 0. The second-order valence-corrected chi connectivity index (χ2v) is 4.03. The number of aryl methyl sites for hydroxylation is 3. The molecule has 5 nitrogen and oxygen atoms in total. The number of rotatable bonds is 3. The topological polar surface area (TPSA) is 47.7 Å². The molecule has 0 fully saturated rings. The largest absolute Gasteiger partial charge is 0.366 e. The number of anilines is 1. The molecular weight excluding hydrogens is 202 g/mol. The summed E-state index contributed by atoms with van der Waals surface area (Å²) in [5.74, 6) is 1.06. The molecule has 0 atom stereocenters. The Hall–Kier alpha value is -1.78. The van der Waals surface area contributed by atoms with Crippen molar-refractivity contribution in [1.82, 2.24) is 19.6 Å². The van der Waals surface area contributed by atoms with E-state index in [1.54, 1.807) is 0 Å². The van der Waals surface area contributed by atoms with Crippen molar-refractivity contribution in [3.05, 3.63) is 29.2 Å². The third-order valence-electron chi connectivity index (χ3n) is 2.90. The molecular formula is C11H17N5. The molecule has 0 saturated carbocycles. The maximum atomic E-state index is 4.22. The molecule has 0 amide bonds. The molecule has 0 spiro atoms. The molecule has 0 radical (unpaired) electrons. The first kappa shape index (κ1) is 10.7. The third kappa shape index (κ3) is 1.80. The van der Waals surface area contributed by atoms with Gasteiger partial charge in [0.05, 0.1) is 12.4 Å². The Balaban J connectivity index is 2.11. The lowest BCUT2D eigenvalue weighted by Crippen LogP contribution is -2.06. The van der Waals surface area contributed by atoms with Crippen molar-refractivity contribution in [2.24, 2.45) is 14.1 Å². The van der Waals surface area contributed by atoms with E-state index in [-0.39, 0.29) is 0 Å². The van der Waals surface area contributed by atoms with Crippen molar-refractivity contribution in [2.45, 2.75) is 20.4 Å². The van der Waals surface area contributed by atoms with Crippen LogP contribution in [0.2, 0.25) is 0 Å². The second kappa shape index (κ2) is 4.00. The van der Waals surface area contributed by atoms with Gasteiger partial charge in [0, 0.05) is 37.5 Å². The summed E-state index contributed by atoms with van der Waals surface area (Å²) in [5.41, 5.74) is 3.56. The molecule has 0 aliphatic rings. The van der Waals surface area contributed by atoms with E-state index in [0.717, 1.165) is 17.9 Å². The van der Waals surface area contributed by atoms with E-state index in [0.29, 0.717) is 0 Å².